The second-order valence-electron chi connectivity index (χ2n) is 9.46. The Hall–Kier alpha value is -2.24. The molecule has 3 N–H and O–H groups in total. The molecule has 5 nitrogen and oxygen atoms in total. The van der Waals surface area contributed by atoms with Crippen LogP contribution in [0.3, 0.4) is 0 Å². The summed E-state index contributed by atoms with van der Waals surface area (Å²) in [6.45, 7) is 2.70. The van der Waals surface area contributed by atoms with Crippen LogP contribution in [0.25, 0.3) is 0 Å². The highest BCUT2D eigenvalue weighted by atomic mass is 35.5. The van der Waals surface area contributed by atoms with Crippen LogP contribution in [0.1, 0.15) is 62.2 Å². The number of rotatable bonds is 3. The molecular weight excluding hydrogens is 422 g/mol. The molecule has 1 aliphatic carbocycles. The molecule has 2 amide bonds. The summed E-state index contributed by atoms with van der Waals surface area (Å²) in [6, 6.07) is 11.9. The fourth-order valence-corrected chi connectivity index (χ4v) is 5.95. The van der Waals surface area contributed by atoms with Crippen LogP contribution >= 0.6 is 11.6 Å². The van der Waals surface area contributed by atoms with E-state index in [0.29, 0.717) is 22.7 Å². The molecule has 170 valence electrons. The van der Waals surface area contributed by atoms with E-state index in [0.717, 1.165) is 35.9 Å². The maximum Gasteiger partial charge on any atom is 0.323 e. The van der Waals surface area contributed by atoms with Gasteiger partial charge in [-0.2, -0.15) is 0 Å². The lowest BCUT2D eigenvalue weighted by atomic mass is 9.71. The van der Waals surface area contributed by atoms with Crippen molar-refractivity contribution in [3.8, 4) is 0 Å². The molecule has 2 aliphatic heterocycles. The normalized spacial score (nSPS) is 25.2. The van der Waals surface area contributed by atoms with Crippen molar-refractivity contribution in [3.05, 3.63) is 52.5 Å². The van der Waals surface area contributed by atoms with Gasteiger partial charge in [0.1, 0.15) is 0 Å². The van der Waals surface area contributed by atoms with Gasteiger partial charge in [-0.25, -0.2) is 4.79 Å². The summed E-state index contributed by atoms with van der Waals surface area (Å²) in [6.07, 6.45) is 9.13. The maximum atomic E-state index is 12.6. The van der Waals surface area contributed by atoms with Gasteiger partial charge in [0.05, 0.1) is 6.10 Å². The largest absolute Gasteiger partial charge is 0.381 e. The van der Waals surface area contributed by atoms with Gasteiger partial charge in [0, 0.05) is 46.2 Å². The van der Waals surface area contributed by atoms with Crippen molar-refractivity contribution in [1.82, 2.24) is 0 Å². The van der Waals surface area contributed by atoms with Crippen molar-refractivity contribution in [1.29, 1.82) is 0 Å². The third-order valence-electron chi connectivity index (χ3n) is 7.44. The second-order valence-corrected chi connectivity index (χ2v) is 9.87. The molecule has 2 heterocycles. The first kappa shape index (κ1) is 21.6. The monoisotopic (exact) mass is 453 g/mol. The Bertz CT molecular complexity index is 989. The van der Waals surface area contributed by atoms with Crippen LogP contribution in [0.5, 0.6) is 0 Å². The van der Waals surface area contributed by atoms with E-state index in [-0.39, 0.29) is 12.1 Å². The van der Waals surface area contributed by atoms with Gasteiger partial charge in [-0.15, -0.1) is 0 Å². The van der Waals surface area contributed by atoms with Gasteiger partial charge < -0.3 is 20.7 Å². The first-order chi connectivity index (χ1) is 15.6. The molecular formula is C26H32ClN3O2. The minimum Gasteiger partial charge on any atom is -0.381 e. The van der Waals surface area contributed by atoms with Crippen molar-refractivity contribution in [3.63, 3.8) is 0 Å². The number of fused-ring (bicyclic) bond motifs is 3. The highest BCUT2D eigenvalue weighted by Gasteiger charge is 2.42. The van der Waals surface area contributed by atoms with E-state index in [4.69, 9.17) is 16.3 Å². The Labute approximate surface area is 195 Å². The van der Waals surface area contributed by atoms with E-state index in [2.05, 4.69) is 28.1 Å². The van der Waals surface area contributed by atoms with Crippen LogP contribution in [0.15, 0.2) is 36.4 Å². The average Bonchev–Trinajstić information content (AvgIpc) is 2.82. The molecule has 0 bridgehead atoms. The molecule has 2 aromatic carbocycles. The minimum atomic E-state index is -0.278. The molecule has 0 radical (unpaired) electrons. The Morgan fingerprint density at radius 1 is 1.06 bits per heavy atom. The first-order valence-electron chi connectivity index (χ1n) is 12.0. The molecule has 1 saturated heterocycles. The van der Waals surface area contributed by atoms with Gasteiger partial charge in [0.15, 0.2) is 0 Å². The lowest BCUT2D eigenvalue weighted by Crippen LogP contribution is -2.46. The number of urea groups is 1. The quantitative estimate of drug-likeness (QED) is 0.463. The predicted molar refractivity (Wildman–Crippen MR) is 131 cm³/mol. The Morgan fingerprint density at radius 2 is 1.91 bits per heavy atom. The average molecular weight is 454 g/mol. The van der Waals surface area contributed by atoms with Crippen molar-refractivity contribution in [2.45, 2.75) is 64.0 Å². The summed E-state index contributed by atoms with van der Waals surface area (Å²) >= 11 is 6.18. The predicted octanol–water partition coefficient (Wildman–Crippen LogP) is 7.13. The summed E-state index contributed by atoms with van der Waals surface area (Å²) in [4.78, 5) is 12.6. The summed E-state index contributed by atoms with van der Waals surface area (Å²) in [5.74, 6) is 1.23. The van der Waals surface area contributed by atoms with E-state index in [9.17, 15) is 4.79 Å². The van der Waals surface area contributed by atoms with Crippen molar-refractivity contribution >= 4 is 34.7 Å². The van der Waals surface area contributed by atoms with Crippen LogP contribution in [0.2, 0.25) is 5.02 Å². The number of nitrogens with one attached hydrogen (secondary N) is 3. The molecule has 5 rings (SSSR count). The zero-order valence-electron chi connectivity index (χ0n) is 18.6. The van der Waals surface area contributed by atoms with Gasteiger partial charge in [-0.05, 0) is 74.4 Å². The highest BCUT2D eigenvalue weighted by molar-refractivity contribution is 6.31. The van der Waals surface area contributed by atoms with Gasteiger partial charge in [-0.1, -0.05) is 36.9 Å². The Kier molecular flexibility index (Phi) is 6.29. The molecule has 1 saturated carbocycles. The lowest BCUT2D eigenvalue weighted by molar-refractivity contribution is -0.0457. The number of amides is 2. The third kappa shape index (κ3) is 4.33. The molecule has 3 atom stereocenters. The molecule has 6 heteroatoms. The van der Waals surface area contributed by atoms with Gasteiger partial charge >= 0.3 is 6.03 Å². The van der Waals surface area contributed by atoms with E-state index in [1.165, 1.54) is 44.1 Å². The van der Waals surface area contributed by atoms with Crippen LogP contribution in [-0.2, 0) is 4.74 Å². The fraction of sp³-hybridized carbons (Fsp3) is 0.500. The SMILES string of the molecule is Cc1c(Cl)cccc1NC(=O)Nc1ccc2c(c1)C1OCCCC1C(C1CCCCC1)N2. The zero-order chi connectivity index (χ0) is 22.1. The zero-order valence-corrected chi connectivity index (χ0v) is 19.4. The van der Waals surface area contributed by atoms with E-state index >= 15 is 0 Å². The summed E-state index contributed by atoms with van der Waals surface area (Å²) in [5, 5.41) is 10.4. The van der Waals surface area contributed by atoms with Crippen LogP contribution in [0, 0.1) is 18.8 Å². The fourth-order valence-electron chi connectivity index (χ4n) is 5.77. The van der Waals surface area contributed by atoms with E-state index in [1.807, 2.05) is 31.2 Å². The van der Waals surface area contributed by atoms with Crippen LogP contribution in [-0.4, -0.2) is 18.7 Å². The third-order valence-corrected chi connectivity index (χ3v) is 7.85. The van der Waals surface area contributed by atoms with Gasteiger partial charge in [-0.3, -0.25) is 0 Å². The number of hydrogen-bond donors (Lipinski definition) is 3. The summed E-state index contributed by atoms with van der Waals surface area (Å²) < 4.78 is 6.33. The van der Waals surface area contributed by atoms with Crippen LogP contribution in [0.4, 0.5) is 21.9 Å². The molecule has 0 aromatic heterocycles. The number of ether oxygens (including phenoxy) is 1. The van der Waals surface area contributed by atoms with E-state index < -0.39 is 0 Å². The lowest BCUT2D eigenvalue weighted by Gasteiger charge is -2.47. The number of carbonyl (C=O) groups is 1. The van der Waals surface area contributed by atoms with Gasteiger partial charge in [0.2, 0.25) is 0 Å². The van der Waals surface area contributed by atoms with Crippen LogP contribution < -0.4 is 16.0 Å². The highest BCUT2D eigenvalue weighted by Crippen LogP contribution is 2.48. The Balaban J connectivity index is 1.34. The molecule has 2 fully saturated rings. The second kappa shape index (κ2) is 9.32. The number of anilines is 3. The molecule has 32 heavy (non-hydrogen) atoms. The standard InChI is InChI=1S/C26H32ClN3O2/c1-16-21(27)10-5-11-22(16)30-26(31)28-18-12-13-23-20(15-18)25-19(9-6-14-32-25)24(29-23)17-7-3-2-4-8-17/h5,10-13,15,17,19,24-25,29H,2-4,6-9,14H2,1H3,(H2,28,30,31). The maximum absolute atomic E-state index is 12.6. The topological polar surface area (TPSA) is 62.4 Å². The minimum absolute atomic E-state index is 0.104. The Morgan fingerprint density at radius 3 is 2.75 bits per heavy atom. The molecule has 3 unspecified atom stereocenters. The van der Waals surface area contributed by atoms with E-state index in [1.54, 1.807) is 0 Å². The number of hydrogen-bond acceptors (Lipinski definition) is 3. The number of halogens is 1. The van der Waals surface area contributed by atoms with Crippen molar-refractivity contribution < 1.29 is 9.53 Å². The smallest absolute Gasteiger partial charge is 0.323 e. The number of benzene rings is 2. The first-order valence-corrected chi connectivity index (χ1v) is 12.3. The summed E-state index contributed by atoms with van der Waals surface area (Å²) in [7, 11) is 0. The van der Waals surface area contributed by atoms with Gasteiger partial charge in [0.25, 0.3) is 0 Å². The molecule has 2 aromatic rings. The molecule has 0 spiro atoms. The number of carbonyl (C=O) groups excluding carboxylic acids is 1. The van der Waals surface area contributed by atoms with Crippen molar-refractivity contribution in [2.24, 2.45) is 11.8 Å². The van der Waals surface area contributed by atoms with Crippen molar-refractivity contribution in [2.75, 3.05) is 22.6 Å². The molecule has 3 aliphatic rings. The summed E-state index contributed by atoms with van der Waals surface area (Å²) in [5.41, 5.74) is 4.65.